The maximum absolute atomic E-state index is 12.5. The highest BCUT2D eigenvalue weighted by Crippen LogP contribution is 2.20. The summed E-state index contributed by atoms with van der Waals surface area (Å²) >= 11 is 5.31. The van der Waals surface area contributed by atoms with Gasteiger partial charge < -0.3 is 19.9 Å². The number of thiocarbonyl (C=S) groups is 1. The molecule has 0 atom stereocenters. The highest BCUT2D eigenvalue weighted by atomic mass is 32.1. The van der Waals surface area contributed by atoms with Gasteiger partial charge in [0.2, 0.25) is 5.91 Å². The summed E-state index contributed by atoms with van der Waals surface area (Å²) in [7, 11) is 0. The van der Waals surface area contributed by atoms with Gasteiger partial charge in [-0.3, -0.25) is 14.9 Å². The van der Waals surface area contributed by atoms with Gasteiger partial charge in [0.25, 0.3) is 5.91 Å². The fourth-order valence-corrected chi connectivity index (χ4v) is 3.93. The predicted molar refractivity (Wildman–Crippen MR) is 141 cm³/mol. The molecule has 3 rings (SSSR count). The lowest BCUT2D eigenvalue weighted by atomic mass is 10.2. The molecule has 2 amide bonds. The molecule has 0 bridgehead atoms. The average Bonchev–Trinajstić information content (AvgIpc) is 2.85. The number of rotatable bonds is 9. The van der Waals surface area contributed by atoms with Gasteiger partial charge in [0.1, 0.15) is 5.75 Å². The van der Waals surface area contributed by atoms with Crippen LogP contribution in [0.1, 0.15) is 49.9 Å². The molecule has 8 heteroatoms. The second kappa shape index (κ2) is 12.9. The summed E-state index contributed by atoms with van der Waals surface area (Å²) in [6.45, 7) is 7.95. The van der Waals surface area contributed by atoms with E-state index in [1.54, 1.807) is 24.3 Å². The standard InChI is InChI=1S/C26H34N4O3S/c1-3-5-19-33-23-13-7-20(8-14-23)25(32)28-26(34)27-21-9-11-22(12-10-21)29-15-17-30(18-16-29)24(31)6-4-2/h7-14H,3-6,15-19H2,1-2H3,(H2,27,28,32,34). The predicted octanol–water partition coefficient (Wildman–Crippen LogP) is 4.44. The molecule has 7 nitrogen and oxygen atoms in total. The van der Waals surface area contributed by atoms with Crippen LogP contribution in [0.4, 0.5) is 11.4 Å². The van der Waals surface area contributed by atoms with E-state index in [1.165, 1.54) is 0 Å². The van der Waals surface area contributed by atoms with Gasteiger partial charge >= 0.3 is 0 Å². The third-order valence-electron chi connectivity index (χ3n) is 5.70. The average molecular weight is 483 g/mol. The first-order chi connectivity index (χ1) is 16.5. The molecule has 1 aliphatic heterocycles. The van der Waals surface area contributed by atoms with Gasteiger partial charge in [-0.25, -0.2) is 0 Å². The number of piperazine rings is 1. The molecule has 1 heterocycles. The first-order valence-corrected chi connectivity index (χ1v) is 12.4. The highest BCUT2D eigenvalue weighted by Gasteiger charge is 2.20. The molecule has 2 N–H and O–H groups in total. The Morgan fingerprint density at radius 3 is 2.24 bits per heavy atom. The van der Waals surface area contributed by atoms with Crippen molar-refractivity contribution in [2.45, 2.75) is 39.5 Å². The molecule has 182 valence electrons. The van der Waals surface area contributed by atoms with E-state index in [0.29, 0.717) is 18.6 Å². The monoisotopic (exact) mass is 482 g/mol. The van der Waals surface area contributed by atoms with Gasteiger partial charge in [0, 0.05) is 49.5 Å². The smallest absolute Gasteiger partial charge is 0.257 e. The first kappa shape index (κ1) is 25.5. The lowest BCUT2D eigenvalue weighted by molar-refractivity contribution is -0.131. The summed E-state index contributed by atoms with van der Waals surface area (Å²) in [6.07, 6.45) is 3.58. The molecule has 0 radical (unpaired) electrons. The van der Waals surface area contributed by atoms with E-state index < -0.39 is 0 Å². The molecule has 1 aliphatic rings. The Labute approximate surface area is 207 Å². The van der Waals surface area contributed by atoms with Crippen LogP contribution in [0.3, 0.4) is 0 Å². The minimum Gasteiger partial charge on any atom is -0.494 e. The topological polar surface area (TPSA) is 73.9 Å². The summed E-state index contributed by atoms with van der Waals surface area (Å²) in [6, 6.07) is 14.9. The highest BCUT2D eigenvalue weighted by molar-refractivity contribution is 7.80. The molecule has 34 heavy (non-hydrogen) atoms. The van der Waals surface area contributed by atoms with E-state index in [0.717, 1.165) is 62.6 Å². The van der Waals surface area contributed by atoms with Crippen LogP contribution in [0, 0.1) is 0 Å². The van der Waals surface area contributed by atoms with E-state index in [9.17, 15) is 9.59 Å². The van der Waals surface area contributed by atoms with E-state index in [2.05, 4.69) is 22.5 Å². The second-order valence-electron chi connectivity index (χ2n) is 8.30. The summed E-state index contributed by atoms with van der Waals surface area (Å²) in [5.74, 6) is 0.720. The van der Waals surface area contributed by atoms with Crippen molar-refractivity contribution in [3.05, 3.63) is 54.1 Å². The van der Waals surface area contributed by atoms with Crippen LogP contribution in [0.25, 0.3) is 0 Å². The largest absolute Gasteiger partial charge is 0.494 e. The Bertz CT molecular complexity index is 955. The molecule has 0 aromatic heterocycles. The maximum Gasteiger partial charge on any atom is 0.257 e. The lowest BCUT2D eigenvalue weighted by Crippen LogP contribution is -2.48. The zero-order chi connectivity index (χ0) is 24.3. The lowest BCUT2D eigenvalue weighted by Gasteiger charge is -2.36. The second-order valence-corrected chi connectivity index (χ2v) is 8.71. The molecule has 0 aliphatic carbocycles. The summed E-state index contributed by atoms with van der Waals surface area (Å²) in [5, 5.41) is 6.01. The van der Waals surface area contributed by atoms with E-state index >= 15 is 0 Å². The van der Waals surface area contributed by atoms with Gasteiger partial charge in [0.15, 0.2) is 5.11 Å². The number of nitrogens with zero attached hydrogens (tertiary/aromatic N) is 2. The normalized spacial score (nSPS) is 13.4. The number of anilines is 2. The van der Waals surface area contributed by atoms with Crippen LogP contribution >= 0.6 is 12.2 Å². The van der Waals surface area contributed by atoms with Crippen LogP contribution in [0.5, 0.6) is 5.75 Å². The van der Waals surface area contributed by atoms with Crippen LogP contribution < -0.4 is 20.3 Å². The van der Waals surface area contributed by atoms with Crippen molar-refractivity contribution in [3.8, 4) is 5.75 Å². The number of unbranched alkanes of at least 4 members (excludes halogenated alkanes) is 1. The van der Waals surface area contributed by atoms with Crippen LogP contribution in [0.15, 0.2) is 48.5 Å². The number of benzene rings is 2. The van der Waals surface area contributed by atoms with Crippen molar-refractivity contribution >= 4 is 40.5 Å². The van der Waals surface area contributed by atoms with Crippen molar-refractivity contribution in [1.82, 2.24) is 10.2 Å². The number of ether oxygens (including phenoxy) is 1. The van der Waals surface area contributed by atoms with Gasteiger partial charge in [0.05, 0.1) is 6.61 Å². The SMILES string of the molecule is CCCCOc1ccc(C(=O)NC(=S)Nc2ccc(N3CCN(C(=O)CCC)CC3)cc2)cc1. The zero-order valence-corrected chi connectivity index (χ0v) is 20.8. The Hall–Kier alpha value is -3.13. The van der Waals surface area contributed by atoms with E-state index in [1.807, 2.05) is 36.1 Å². The van der Waals surface area contributed by atoms with Crippen molar-refractivity contribution in [2.75, 3.05) is 43.0 Å². The molecular weight excluding hydrogens is 448 g/mol. The quantitative estimate of drug-likeness (QED) is 0.407. The molecule has 1 fully saturated rings. The number of nitrogens with one attached hydrogen (secondary N) is 2. The van der Waals surface area contributed by atoms with E-state index in [4.69, 9.17) is 17.0 Å². The molecule has 2 aromatic carbocycles. The zero-order valence-electron chi connectivity index (χ0n) is 20.0. The Balaban J connectivity index is 1.45. The fraction of sp³-hybridized carbons (Fsp3) is 0.423. The third kappa shape index (κ3) is 7.45. The Kier molecular flexibility index (Phi) is 9.70. The Morgan fingerprint density at radius 1 is 0.941 bits per heavy atom. The van der Waals surface area contributed by atoms with Crippen molar-refractivity contribution in [1.29, 1.82) is 0 Å². The summed E-state index contributed by atoms with van der Waals surface area (Å²) < 4.78 is 5.63. The number of carbonyl (C=O) groups is 2. The van der Waals surface area contributed by atoms with E-state index in [-0.39, 0.29) is 16.9 Å². The van der Waals surface area contributed by atoms with Crippen LogP contribution in [0.2, 0.25) is 0 Å². The van der Waals surface area contributed by atoms with Gasteiger partial charge in [-0.2, -0.15) is 0 Å². The third-order valence-corrected chi connectivity index (χ3v) is 5.90. The Morgan fingerprint density at radius 2 is 1.62 bits per heavy atom. The van der Waals surface area contributed by atoms with Gasteiger partial charge in [-0.1, -0.05) is 20.3 Å². The van der Waals surface area contributed by atoms with Crippen molar-refractivity contribution in [3.63, 3.8) is 0 Å². The molecular formula is C26H34N4O3S. The van der Waals surface area contributed by atoms with Crippen LogP contribution in [-0.4, -0.2) is 54.6 Å². The maximum atomic E-state index is 12.5. The minimum absolute atomic E-state index is 0.240. The molecule has 2 aromatic rings. The van der Waals surface area contributed by atoms with Gasteiger partial charge in [-0.05, 0) is 73.6 Å². The molecule has 1 saturated heterocycles. The molecule has 0 spiro atoms. The molecule has 0 saturated carbocycles. The van der Waals surface area contributed by atoms with Crippen molar-refractivity contribution in [2.24, 2.45) is 0 Å². The number of carbonyl (C=O) groups excluding carboxylic acids is 2. The summed E-state index contributed by atoms with van der Waals surface area (Å²) in [4.78, 5) is 28.8. The molecule has 0 unspecified atom stereocenters. The fourth-order valence-electron chi connectivity index (χ4n) is 3.72. The van der Waals surface area contributed by atoms with Crippen LogP contribution in [-0.2, 0) is 4.79 Å². The first-order valence-electron chi connectivity index (χ1n) is 12.0. The van der Waals surface area contributed by atoms with Crippen molar-refractivity contribution < 1.29 is 14.3 Å². The minimum atomic E-state index is -0.273. The summed E-state index contributed by atoms with van der Waals surface area (Å²) in [5.41, 5.74) is 2.41. The van der Waals surface area contributed by atoms with Gasteiger partial charge in [-0.15, -0.1) is 0 Å². The number of hydrogen-bond acceptors (Lipinski definition) is 5. The number of hydrogen-bond donors (Lipinski definition) is 2. The number of amides is 2.